The number of nitrogens with one attached hydrogen (secondary N) is 1. The highest BCUT2D eigenvalue weighted by molar-refractivity contribution is 6.10. The highest BCUT2D eigenvalue weighted by atomic mass is 19.4. The van der Waals surface area contributed by atoms with Gasteiger partial charge in [0.05, 0.1) is 24.1 Å². The van der Waals surface area contributed by atoms with E-state index >= 15 is 0 Å². The summed E-state index contributed by atoms with van der Waals surface area (Å²) in [5, 5.41) is 20.6. The number of carbonyl (C=O) groups is 1. The zero-order valence-corrected chi connectivity index (χ0v) is 25.5. The van der Waals surface area contributed by atoms with Crippen molar-refractivity contribution in [1.29, 1.82) is 5.26 Å². The minimum Gasteiger partial charge on any atom is -0.369 e. The standard InChI is InChI=1S/C32H30F5N9O/c1-19(13-38)14-40-27-11-21(24-15-39-6-3-22(24)29-43-41-18-44(29)2)12-28(42-27)46-17-25-23(30(46)47)9-20(10-26(25)32(35,36)37)16-45-7-4-31(33,34)5-8-45/h3,6,9-12,15,18-19H,4-5,7-8,14,16-17H2,1-2H3,(H,40,42)/t19-/m0/s1. The van der Waals surface area contributed by atoms with E-state index in [0.717, 1.165) is 6.07 Å². The van der Waals surface area contributed by atoms with Crippen LogP contribution in [0.25, 0.3) is 22.5 Å². The van der Waals surface area contributed by atoms with Crippen LogP contribution in [0.1, 0.15) is 46.8 Å². The van der Waals surface area contributed by atoms with E-state index in [1.807, 2.05) is 0 Å². The van der Waals surface area contributed by atoms with Crippen LogP contribution in [0.15, 0.2) is 49.1 Å². The molecule has 6 rings (SSSR count). The number of pyridine rings is 2. The van der Waals surface area contributed by atoms with Gasteiger partial charge in [-0.2, -0.15) is 18.4 Å². The van der Waals surface area contributed by atoms with Gasteiger partial charge in [-0.3, -0.25) is 19.6 Å². The number of nitrogens with zero attached hydrogens (tertiary/aromatic N) is 8. The molecule has 0 saturated carbocycles. The Bertz CT molecular complexity index is 1860. The van der Waals surface area contributed by atoms with E-state index in [4.69, 9.17) is 0 Å². The lowest BCUT2D eigenvalue weighted by Gasteiger charge is -2.31. The van der Waals surface area contributed by atoms with Gasteiger partial charge in [0, 0.05) is 75.2 Å². The Morgan fingerprint density at radius 1 is 1.11 bits per heavy atom. The van der Waals surface area contributed by atoms with Gasteiger partial charge in [-0.25, -0.2) is 13.8 Å². The molecule has 1 fully saturated rings. The van der Waals surface area contributed by atoms with Crippen LogP contribution in [-0.2, 0) is 26.3 Å². The van der Waals surface area contributed by atoms with Crippen molar-refractivity contribution in [2.45, 2.75) is 45.0 Å². The second kappa shape index (κ2) is 12.3. The molecule has 1 amide bonds. The molecule has 10 nitrogen and oxygen atoms in total. The highest BCUT2D eigenvalue weighted by Gasteiger charge is 2.41. The molecule has 2 aliphatic rings. The molecule has 4 aromatic rings. The van der Waals surface area contributed by atoms with Gasteiger partial charge in [0.1, 0.15) is 18.0 Å². The maximum Gasteiger partial charge on any atom is 0.416 e. The Hall–Kier alpha value is -4.97. The Kier molecular flexibility index (Phi) is 8.39. The summed E-state index contributed by atoms with van der Waals surface area (Å²) >= 11 is 0. The fourth-order valence-corrected chi connectivity index (χ4v) is 5.84. The molecule has 1 N–H and O–H groups in total. The van der Waals surface area contributed by atoms with Crippen LogP contribution in [0.3, 0.4) is 0 Å². The number of hydrogen-bond donors (Lipinski definition) is 1. The van der Waals surface area contributed by atoms with Gasteiger partial charge in [0.2, 0.25) is 0 Å². The molecule has 244 valence electrons. The maximum absolute atomic E-state index is 14.4. The molecule has 1 atom stereocenters. The third kappa shape index (κ3) is 6.64. The molecule has 0 bridgehead atoms. The van der Waals surface area contributed by atoms with E-state index < -0.39 is 23.6 Å². The average molecular weight is 652 g/mol. The van der Waals surface area contributed by atoms with E-state index in [0.29, 0.717) is 28.3 Å². The first kappa shape index (κ1) is 32.0. The van der Waals surface area contributed by atoms with Crippen molar-refractivity contribution in [3.8, 4) is 28.6 Å². The number of halogens is 5. The predicted octanol–water partition coefficient (Wildman–Crippen LogP) is 5.92. The van der Waals surface area contributed by atoms with Crippen LogP contribution in [0.4, 0.5) is 33.6 Å². The second-order valence-corrected chi connectivity index (χ2v) is 11.9. The van der Waals surface area contributed by atoms with E-state index in [2.05, 4.69) is 31.6 Å². The van der Waals surface area contributed by atoms with E-state index in [1.165, 1.54) is 11.0 Å². The number of hydrogen-bond acceptors (Lipinski definition) is 8. The molecule has 5 heterocycles. The molecule has 0 aliphatic carbocycles. The van der Waals surface area contributed by atoms with Crippen LogP contribution in [0.2, 0.25) is 0 Å². The largest absolute Gasteiger partial charge is 0.416 e. The van der Waals surface area contributed by atoms with E-state index in [1.54, 1.807) is 60.4 Å². The zero-order valence-electron chi connectivity index (χ0n) is 25.5. The topological polar surface area (TPSA) is 116 Å². The van der Waals surface area contributed by atoms with Crippen LogP contribution in [-0.4, -0.2) is 61.1 Å². The van der Waals surface area contributed by atoms with Crippen molar-refractivity contribution in [3.05, 3.63) is 71.3 Å². The molecular weight excluding hydrogens is 621 g/mol. The van der Waals surface area contributed by atoms with Crippen molar-refractivity contribution >= 4 is 17.5 Å². The fourth-order valence-electron chi connectivity index (χ4n) is 5.84. The summed E-state index contributed by atoms with van der Waals surface area (Å²) in [6.07, 6.45) is -0.775. The number of alkyl halides is 5. The number of piperidine rings is 1. The molecule has 15 heteroatoms. The van der Waals surface area contributed by atoms with Crippen molar-refractivity contribution in [2.75, 3.05) is 29.9 Å². The van der Waals surface area contributed by atoms with Gasteiger partial charge in [-0.1, -0.05) is 0 Å². The number of fused-ring (bicyclic) bond motifs is 1. The summed E-state index contributed by atoms with van der Waals surface area (Å²) < 4.78 is 72.4. The van der Waals surface area contributed by atoms with Crippen molar-refractivity contribution < 1.29 is 26.7 Å². The SMILES string of the molecule is C[C@@H](C#N)CNc1cc(-c2cnccc2-c2nncn2C)cc(N2Cc3c(cc(CN4CCC(F)(F)CC4)cc3C(F)(F)F)C2=O)n1. The second-order valence-electron chi connectivity index (χ2n) is 11.9. The summed E-state index contributed by atoms with van der Waals surface area (Å²) in [7, 11) is 1.78. The number of amides is 1. The average Bonchev–Trinajstić information content (AvgIpc) is 3.62. The van der Waals surface area contributed by atoms with Gasteiger partial charge < -0.3 is 9.88 Å². The molecule has 0 unspecified atom stereocenters. The van der Waals surface area contributed by atoms with Gasteiger partial charge in [0.25, 0.3) is 11.8 Å². The van der Waals surface area contributed by atoms with Gasteiger partial charge in [0.15, 0.2) is 5.82 Å². The predicted molar refractivity (Wildman–Crippen MR) is 162 cm³/mol. The molecule has 1 saturated heterocycles. The number of anilines is 2. The molecular formula is C32H30F5N9O. The highest BCUT2D eigenvalue weighted by Crippen LogP contribution is 2.41. The third-order valence-corrected chi connectivity index (χ3v) is 8.38. The molecule has 3 aromatic heterocycles. The van der Waals surface area contributed by atoms with E-state index in [9.17, 15) is 32.0 Å². The van der Waals surface area contributed by atoms with Crippen LogP contribution >= 0.6 is 0 Å². The maximum atomic E-state index is 14.4. The monoisotopic (exact) mass is 651 g/mol. The van der Waals surface area contributed by atoms with Crippen molar-refractivity contribution in [3.63, 3.8) is 0 Å². The first-order valence-corrected chi connectivity index (χ1v) is 14.9. The number of aryl methyl sites for hydroxylation is 1. The number of carbonyl (C=O) groups excluding carboxylic acids is 1. The number of nitriles is 1. The first-order chi connectivity index (χ1) is 22.3. The number of rotatable bonds is 8. The Morgan fingerprint density at radius 3 is 2.55 bits per heavy atom. The zero-order chi connectivity index (χ0) is 33.5. The summed E-state index contributed by atoms with van der Waals surface area (Å²) in [6, 6.07) is 9.62. The van der Waals surface area contributed by atoms with Crippen molar-refractivity contribution in [2.24, 2.45) is 13.0 Å². The van der Waals surface area contributed by atoms with Crippen LogP contribution in [0, 0.1) is 17.2 Å². The summed E-state index contributed by atoms with van der Waals surface area (Å²) in [4.78, 5) is 25.6. The molecule has 1 aromatic carbocycles. The fraction of sp³-hybridized carbons (Fsp3) is 0.375. The lowest BCUT2D eigenvalue weighted by molar-refractivity contribution is -0.138. The quantitative estimate of drug-likeness (QED) is 0.234. The van der Waals surface area contributed by atoms with Gasteiger partial charge in [-0.05, 0) is 53.9 Å². The van der Waals surface area contributed by atoms with Crippen molar-refractivity contribution in [1.82, 2.24) is 29.6 Å². The van der Waals surface area contributed by atoms with Gasteiger partial charge >= 0.3 is 6.18 Å². The number of benzene rings is 1. The normalized spacial score (nSPS) is 17.0. The number of likely N-dealkylation sites (tertiary alicyclic amines) is 1. The molecule has 47 heavy (non-hydrogen) atoms. The molecule has 2 aliphatic heterocycles. The molecule has 0 spiro atoms. The third-order valence-electron chi connectivity index (χ3n) is 8.38. The Morgan fingerprint density at radius 2 is 1.87 bits per heavy atom. The lowest BCUT2D eigenvalue weighted by atomic mass is 9.98. The Labute approximate surface area is 266 Å². The summed E-state index contributed by atoms with van der Waals surface area (Å²) in [5.74, 6) is -2.91. The summed E-state index contributed by atoms with van der Waals surface area (Å²) in [6.45, 7) is 1.64. The molecule has 0 radical (unpaired) electrons. The number of aromatic nitrogens is 5. The van der Waals surface area contributed by atoms with Crippen LogP contribution < -0.4 is 10.2 Å². The first-order valence-electron chi connectivity index (χ1n) is 14.9. The summed E-state index contributed by atoms with van der Waals surface area (Å²) in [5.41, 5.74) is 0.806. The minimum atomic E-state index is -4.76. The lowest BCUT2D eigenvalue weighted by Crippen LogP contribution is -2.38. The smallest absolute Gasteiger partial charge is 0.369 e. The van der Waals surface area contributed by atoms with E-state index in [-0.39, 0.29) is 74.0 Å². The van der Waals surface area contributed by atoms with Crippen LogP contribution in [0.5, 0.6) is 0 Å². The minimum absolute atomic E-state index is 0.00440. The van der Waals surface area contributed by atoms with Gasteiger partial charge in [-0.15, -0.1) is 10.2 Å². The Balaban J connectivity index is 1.40.